The molecule has 0 saturated heterocycles. The molecule has 0 radical (unpaired) electrons. The minimum atomic E-state index is -0.412. The van der Waals surface area contributed by atoms with E-state index in [-0.39, 0.29) is 5.91 Å². The molecule has 1 aromatic heterocycles. The zero-order valence-electron chi connectivity index (χ0n) is 13.0. The van der Waals surface area contributed by atoms with Crippen molar-refractivity contribution < 1.29 is 14.3 Å². The molecule has 2 aromatic rings. The minimum Gasteiger partial charge on any atom is -0.462 e. The summed E-state index contributed by atoms with van der Waals surface area (Å²) in [7, 11) is 0. The highest BCUT2D eigenvalue weighted by Gasteiger charge is 2.18. The van der Waals surface area contributed by atoms with E-state index in [0.717, 1.165) is 22.5 Å². The van der Waals surface area contributed by atoms with Crippen LogP contribution in [0, 0.1) is 20.8 Å². The number of amides is 1. The predicted octanol–water partition coefficient (Wildman–Crippen LogP) is 3.50. The maximum Gasteiger partial charge on any atom is 0.350 e. The molecular formula is C16H18N2O3S. The molecule has 0 aliphatic heterocycles. The number of rotatable bonds is 4. The molecule has 1 N–H and O–H groups in total. The molecule has 22 heavy (non-hydrogen) atoms. The van der Waals surface area contributed by atoms with Crippen LogP contribution < -0.4 is 5.32 Å². The van der Waals surface area contributed by atoms with Gasteiger partial charge in [-0.05, 0) is 44.9 Å². The molecule has 0 atom stereocenters. The summed E-state index contributed by atoms with van der Waals surface area (Å²) in [5, 5.41) is 3.14. The first kappa shape index (κ1) is 16.2. The van der Waals surface area contributed by atoms with E-state index in [1.165, 1.54) is 0 Å². The van der Waals surface area contributed by atoms with E-state index in [0.29, 0.717) is 27.9 Å². The van der Waals surface area contributed by atoms with E-state index in [1.807, 2.05) is 26.0 Å². The summed E-state index contributed by atoms with van der Waals surface area (Å²) in [6.07, 6.45) is 0. The number of anilines is 1. The zero-order chi connectivity index (χ0) is 16.3. The lowest BCUT2D eigenvalue weighted by atomic mass is 10.0. The van der Waals surface area contributed by atoms with E-state index < -0.39 is 5.97 Å². The van der Waals surface area contributed by atoms with Gasteiger partial charge in [0, 0.05) is 5.56 Å². The van der Waals surface area contributed by atoms with Crippen molar-refractivity contribution >= 4 is 28.3 Å². The van der Waals surface area contributed by atoms with Crippen molar-refractivity contribution in [3.8, 4) is 0 Å². The summed E-state index contributed by atoms with van der Waals surface area (Å²) in [6.45, 7) is 7.63. The number of hydrogen-bond donors (Lipinski definition) is 1. The van der Waals surface area contributed by atoms with Crippen molar-refractivity contribution in [2.75, 3.05) is 11.9 Å². The number of carbonyl (C=O) groups is 2. The van der Waals surface area contributed by atoms with Crippen molar-refractivity contribution in [2.24, 2.45) is 0 Å². The Hall–Kier alpha value is -2.21. The normalized spacial score (nSPS) is 10.4. The van der Waals surface area contributed by atoms with Gasteiger partial charge in [0.25, 0.3) is 5.91 Å². The molecule has 0 aliphatic carbocycles. The largest absolute Gasteiger partial charge is 0.462 e. The van der Waals surface area contributed by atoms with Crippen LogP contribution in [0.2, 0.25) is 0 Å². The first-order valence-corrected chi connectivity index (χ1v) is 7.77. The summed E-state index contributed by atoms with van der Waals surface area (Å²) in [5.74, 6) is -0.643. The smallest absolute Gasteiger partial charge is 0.350 e. The van der Waals surface area contributed by atoms with Crippen LogP contribution in [-0.2, 0) is 4.74 Å². The number of benzene rings is 1. The SMILES string of the molecule is CCOC(=O)c1sc(NC(=O)c2cccc(C)c2C)nc1C. The summed E-state index contributed by atoms with van der Waals surface area (Å²) in [5.41, 5.74) is 3.14. The molecule has 0 unspecified atom stereocenters. The Labute approximate surface area is 133 Å². The Morgan fingerprint density at radius 1 is 1.27 bits per heavy atom. The molecule has 1 aromatic carbocycles. The number of aromatic nitrogens is 1. The Bertz CT molecular complexity index is 722. The van der Waals surface area contributed by atoms with Crippen LogP contribution in [0.1, 0.15) is 43.8 Å². The monoisotopic (exact) mass is 318 g/mol. The zero-order valence-corrected chi connectivity index (χ0v) is 13.8. The van der Waals surface area contributed by atoms with E-state index in [4.69, 9.17) is 4.74 Å². The van der Waals surface area contributed by atoms with Gasteiger partial charge in [0.2, 0.25) is 0 Å². The van der Waals surface area contributed by atoms with Gasteiger partial charge in [-0.1, -0.05) is 23.5 Å². The first-order valence-electron chi connectivity index (χ1n) is 6.96. The quantitative estimate of drug-likeness (QED) is 0.876. The van der Waals surface area contributed by atoms with Gasteiger partial charge in [-0.25, -0.2) is 9.78 Å². The van der Waals surface area contributed by atoms with Crippen molar-refractivity contribution in [3.05, 3.63) is 45.5 Å². The Morgan fingerprint density at radius 2 is 2.00 bits per heavy atom. The number of ether oxygens (including phenoxy) is 1. The maximum absolute atomic E-state index is 12.3. The van der Waals surface area contributed by atoms with Gasteiger partial charge in [-0.2, -0.15) is 0 Å². The molecule has 0 spiro atoms. The maximum atomic E-state index is 12.3. The number of hydrogen-bond acceptors (Lipinski definition) is 5. The molecule has 1 amide bonds. The summed E-state index contributed by atoms with van der Waals surface area (Å²) in [6, 6.07) is 5.57. The summed E-state index contributed by atoms with van der Waals surface area (Å²) in [4.78, 5) is 28.7. The Balaban J connectivity index is 2.21. The number of nitrogens with one attached hydrogen (secondary N) is 1. The lowest BCUT2D eigenvalue weighted by molar-refractivity contribution is 0.0531. The summed E-state index contributed by atoms with van der Waals surface area (Å²) < 4.78 is 4.97. The van der Waals surface area contributed by atoms with Crippen LogP contribution in [0.4, 0.5) is 5.13 Å². The van der Waals surface area contributed by atoms with Gasteiger partial charge < -0.3 is 4.74 Å². The molecular weight excluding hydrogens is 300 g/mol. The fourth-order valence-corrected chi connectivity index (χ4v) is 2.85. The Morgan fingerprint density at radius 3 is 2.68 bits per heavy atom. The third-order valence-corrected chi connectivity index (χ3v) is 4.38. The predicted molar refractivity (Wildman–Crippen MR) is 86.7 cm³/mol. The van der Waals surface area contributed by atoms with Gasteiger partial charge in [-0.3, -0.25) is 10.1 Å². The molecule has 1 heterocycles. The number of nitrogens with zero attached hydrogens (tertiary/aromatic N) is 1. The van der Waals surface area contributed by atoms with E-state index in [1.54, 1.807) is 19.9 Å². The van der Waals surface area contributed by atoms with E-state index >= 15 is 0 Å². The second-order valence-corrected chi connectivity index (χ2v) is 5.85. The first-order chi connectivity index (χ1) is 10.4. The van der Waals surface area contributed by atoms with Gasteiger partial charge in [-0.15, -0.1) is 0 Å². The highest BCUT2D eigenvalue weighted by Crippen LogP contribution is 2.24. The van der Waals surface area contributed by atoms with Crippen LogP contribution in [0.3, 0.4) is 0 Å². The number of thiazole rings is 1. The molecule has 5 nitrogen and oxygen atoms in total. The lowest BCUT2D eigenvalue weighted by Gasteiger charge is -2.07. The third-order valence-electron chi connectivity index (χ3n) is 3.33. The second kappa shape index (κ2) is 6.70. The van der Waals surface area contributed by atoms with Crippen LogP contribution in [0.15, 0.2) is 18.2 Å². The van der Waals surface area contributed by atoms with E-state index in [2.05, 4.69) is 10.3 Å². The topological polar surface area (TPSA) is 68.3 Å². The molecule has 0 aliphatic rings. The average molecular weight is 318 g/mol. The summed E-state index contributed by atoms with van der Waals surface area (Å²) >= 11 is 1.12. The van der Waals surface area contributed by atoms with Gasteiger partial charge in [0.15, 0.2) is 5.13 Å². The van der Waals surface area contributed by atoms with Crippen molar-refractivity contribution in [1.29, 1.82) is 0 Å². The van der Waals surface area contributed by atoms with E-state index in [9.17, 15) is 9.59 Å². The highest BCUT2D eigenvalue weighted by atomic mass is 32.1. The number of aryl methyl sites for hydroxylation is 2. The third kappa shape index (κ3) is 3.33. The Kier molecular flexibility index (Phi) is 4.92. The van der Waals surface area contributed by atoms with Crippen molar-refractivity contribution in [3.63, 3.8) is 0 Å². The van der Waals surface area contributed by atoms with Crippen molar-refractivity contribution in [2.45, 2.75) is 27.7 Å². The average Bonchev–Trinajstić information content (AvgIpc) is 2.82. The van der Waals surface area contributed by atoms with Gasteiger partial charge >= 0.3 is 5.97 Å². The molecule has 6 heteroatoms. The van der Waals surface area contributed by atoms with Crippen LogP contribution in [-0.4, -0.2) is 23.5 Å². The molecule has 0 fully saturated rings. The van der Waals surface area contributed by atoms with Gasteiger partial charge in [0.05, 0.1) is 12.3 Å². The number of esters is 1. The highest BCUT2D eigenvalue weighted by molar-refractivity contribution is 7.17. The molecule has 0 saturated carbocycles. The van der Waals surface area contributed by atoms with Gasteiger partial charge in [0.1, 0.15) is 4.88 Å². The van der Waals surface area contributed by atoms with Crippen LogP contribution in [0.5, 0.6) is 0 Å². The molecule has 2 rings (SSSR count). The van der Waals surface area contributed by atoms with Crippen molar-refractivity contribution in [1.82, 2.24) is 4.98 Å². The fourth-order valence-electron chi connectivity index (χ4n) is 2.00. The lowest BCUT2D eigenvalue weighted by Crippen LogP contribution is -2.13. The standard InChI is InChI=1S/C16H18N2O3S/c1-5-21-15(20)13-11(4)17-16(22-13)18-14(19)12-8-6-7-9(2)10(12)3/h6-8H,5H2,1-4H3,(H,17,18,19). The number of carbonyl (C=O) groups excluding carboxylic acids is 2. The molecule has 116 valence electrons. The fraction of sp³-hybridized carbons (Fsp3) is 0.312. The molecule has 0 bridgehead atoms. The second-order valence-electron chi connectivity index (χ2n) is 4.86. The minimum absolute atomic E-state index is 0.231. The van der Waals surface area contributed by atoms with Crippen LogP contribution >= 0.6 is 11.3 Å². The van der Waals surface area contributed by atoms with Crippen LogP contribution in [0.25, 0.3) is 0 Å².